The van der Waals surface area contributed by atoms with Gasteiger partial charge in [-0.05, 0) is 47.2 Å². The van der Waals surface area contributed by atoms with E-state index in [1.54, 1.807) is 0 Å². The van der Waals surface area contributed by atoms with Crippen molar-refractivity contribution in [3.05, 3.63) is 64.7 Å². The van der Waals surface area contributed by atoms with Crippen molar-refractivity contribution in [1.82, 2.24) is 0 Å². The molecule has 108 valence electrons. The molecule has 0 aliphatic heterocycles. The molecule has 2 aromatic carbocycles. The average Bonchev–Trinajstić information content (AvgIpc) is 3.28. The van der Waals surface area contributed by atoms with Crippen molar-refractivity contribution >= 4 is 28.4 Å². The van der Waals surface area contributed by atoms with Gasteiger partial charge in [0.25, 0.3) is 0 Å². The SMILES string of the molecule is O=C(Cl)C1CC1c1ccc(OCc2ccccc2)c(Cl)c1. The van der Waals surface area contributed by atoms with Gasteiger partial charge < -0.3 is 4.74 Å². The number of carbonyl (C=O) groups excluding carboxylic acids is 1. The molecule has 0 amide bonds. The van der Waals surface area contributed by atoms with Crippen LogP contribution in [-0.2, 0) is 11.4 Å². The van der Waals surface area contributed by atoms with Crippen LogP contribution in [0, 0.1) is 5.92 Å². The normalized spacial score (nSPS) is 20.1. The molecule has 1 aliphatic rings. The second-order valence-electron chi connectivity index (χ2n) is 5.22. The second-order valence-corrected chi connectivity index (χ2v) is 6.00. The number of rotatable bonds is 5. The molecule has 4 heteroatoms. The summed E-state index contributed by atoms with van der Waals surface area (Å²) < 4.78 is 5.73. The van der Waals surface area contributed by atoms with Gasteiger partial charge in [-0.25, -0.2) is 0 Å². The Bertz CT molecular complexity index is 655. The van der Waals surface area contributed by atoms with E-state index in [1.807, 2.05) is 48.5 Å². The minimum absolute atomic E-state index is 0.0566. The Hall–Kier alpha value is -1.51. The van der Waals surface area contributed by atoms with Gasteiger partial charge in [0.15, 0.2) is 0 Å². The summed E-state index contributed by atoms with van der Waals surface area (Å²) in [6.07, 6.45) is 0.808. The van der Waals surface area contributed by atoms with Crippen LogP contribution >= 0.6 is 23.2 Å². The molecule has 2 unspecified atom stereocenters. The molecule has 21 heavy (non-hydrogen) atoms. The van der Waals surface area contributed by atoms with Gasteiger partial charge >= 0.3 is 0 Å². The molecule has 1 aliphatic carbocycles. The molecule has 2 atom stereocenters. The summed E-state index contributed by atoms with van der Waals surface area (Å²) in [6, 6.07) is 15.6. The number of carbonyl (C=O) groups is 1. The Morgan fingerprint density at radius 2 is 1.95 bits per heavy atom. The van der Waals surface area contributed by atoms with Gasteiger partial charge in [-0.1, -0.05) is 48.0 Å². The standard InChI is InChI=1S/C17H14Cl2O2/c18-15-8-12(13-9-14(13)17(19)20)6-7-16(15)21-10-11-4-2-1-3-5-11/h1-8,13-14H,9-10H2. The molecule has 2 aromatic rings. The van der Waals surface area contributed by atoms with E-state index >= 15 is 0 Å². The van der Waals surface area contributed by atoms with Crippen molar-refractivity contribution in [2.75, 3.05) is 0 Å². The first-order valence-electron chi connectivity index (χ1n) is 6.80. The van der Waals surface area contributed by atoms with Gasteiger partial charge in [-0.3, -0.25) is 4.79 Å². The minimum atomic E-state index is -0.263. The number of hydrogen-bond donors (Lipinski definition) is 0. The molecule has 0 aromatic heterocycles. The first-order chi connectivity index (χ1) is 10.1. The third kappa shape index (κ3) is 3.39. The summed E-state index contributed by atoms with van der Waals surface area (Å²) in [5, 5.41) is 0.302. The van der Waals surface area contributed by atoms with E-state index in [1.165, 1.54) is 0 Å². The highest BCUT2D eigenvalue weighted by atomic mass is 35.5. The number of ether oxygens (including phenoxy) is 1. The second kappa shape index (κ2) is 6.08. The highest BCUT2D eigenvalue weighted by molar-refractivity contribution is 6.64. The Morgan fingerprint density at radius 3 is 2.57 bits per heavy atom. The van der Waals surface area contributed by atoms with E-state index < -0.39 is 0 Å². The lowest BCUT2D eigenvalue weighted by Crippen LogP contribution is -1.96. The van der Waals surface area contributed by atoms with Crippen molar-refractivity contribution in [2.45, 2.75) is 18.9 Å². The molecule has 0 heterocycles. The van der Waals surface area contributed by atoms with Crippen LogP contribution in [0.25, 0.3) is 0 Å². The van der Waals surface area contributed by atoms with Crippen molar-refractivity contribution in [2.24, 2.45) is 5.92 Å². The van der Waals surface area contributed by atoms with Crippen LogP contribution < -0.4 is 4.74 Å². The summed E-state index contributed by atoms with van der Waals surface area (Å²) in [5.74, 6) is 0.799. The first-order valence-corrected chi connectivity index (χ1v) is 7.56. The summed E-state index contributed by atoms with van der Waals surface area (Å²) in [4.78, 5) is 11.1. The van der Waals surface area contributed by atoms with E-state index in [0.717, 1.165) is 17.5 Å². The van der Waals surface area contributed by atoms with Crippen LogP contribution in [0.5, 0.6) is 5.75 Å². The van der Waals surface area contributed by atoms with Gasteiger partial charge in [0.1, 0.15) is 12.4 Å². The monoisotopic (exact) mass is 320 g/mol. The molecule has 0 N–H and O–H groups in total. The highest BCUT2D eigenvalue weighted by Crippen LogP contribution is 2.49. The summed E-state index contributed by atoms with van der Waals surface area (Å²) in [6.45, 7) is 0.478. The quantitative estimate of drug-likeness (QED) is 0.740. The van der Waals surface area contributed by atoms with Crippen LogP contribution in [0.1, 0.15) is 23.5 Å². The zero-order valence-electron chi connectivity index (χ0n) is 11.3. The van der Waals surface area contributed by atoms with Crippen molar-refractivity contribution < 1.29 is 9.53 Å². The first kappa shape index (κ1) is 14.4. The number of hydrogen-bond acceptors (Lipinski definition) is 2. The number of halogens is 2. The highest BCUT2D eigenvalue weighted by Gasteiger charge is 2.43. The Balaban J connectivity index is 1.66. The topological polar surface area (TPSA) is 26.3 Å². The third-order valence-electron chi connectivity index (χ3n) is 3.70. The van der Waals surface area contributed by atoms with Gasteiger partial charge in [0.2, 0.25) is 5.24 Å². The molecule has 0 radical (unpaired) electrons. The van der Waals surface area contributed by atoms with E-state index in [9.17, 15) is 4.79 Å². The summed E-state index contributed by atoms with van der Waals surface area (Å²) in [7, 11) is 0. The molecule has 2 nitrogen and oxygen atoms in total. The van der Waals surface area contributed by atoms with Gasteiger partial charge in [0.05, 0.1) is 5.02 Å². The molecule has 1 saturated carbocycles. The summed E-state index contributed by atoms with van der Waals surface area (Å²) >= 11 is 11.8. The molecule has 0 saturated heterocycles. The Morgan fingerprint density at radius 1 is 1.19 bits per heavy atom. The van der Waals surface area contributed by atoms with Crippen LogP contribution in [0.15, 0.2) is 48.5 Å². The zero-order chi connectivity index (χ0) is 14.8. The van der Waals surface area contributed by atoms with E-state index in [2.05, 4.69) is 0 Å². The molecular weight excluding hydrogens is 307 g/mol. The molecule has 1 fully saturated rings. The number of benzene rings is 2. The van der Waals surface area contributed by atoms with Gasteiger partial charge in [0, 0.05) is 5.92 Å². The molecular formula is C17H14Cl2O2. The lowest BCUT2D eigenvalue weighted by Gasteiger charge is -2.09. The molecule has 0 spiro atoms. The van der Waals surface area contributed by atoms with E-state index in [0.29, 0.717) is 17.4 Å². The van der Waals surface area contributed by atoms with Crippen molar-refractivity contribution in [3.63, 3.8) is 0 Å². The lowest BCUT2D eigenvalue weighted by molar-refractivity contribution is -0.112. The smallest absolute Gasteiger partial charge is 0.225 e. The van der Waals surface area contributed by atoms with Gasteiger partial charge in [-0.15, -0.1) is 0 Å². The third-order valence-corrected chi connectivity index (χ3v) is 4.28. The predicted octanol–water partition coefficient (Wildman–Crippen LogP) is 4.79. The Labute approximate surface area is 133 Å². The molecule has 0 bridgehead atoms. The fourth-order valence-electron chi connectivity index (χ4n) is 2.41. The average molecular weight is 321 g/mol. The maximum atomic E-state index is 11.1. The van der Waals surface area contributed by atoms with Crippen LogP contribution in [0.3, 0.4) is 0 Å². The van der Waals surface area contributed by atoms with E-state index in [4.69, 9.17) is 27.9 Å². The van der Waals surface area contributed by atoms with Gasteiger partial charge in [-0.2, -0.15) is 0 Å². The lowest BCUT2D eigenvalue weighted by atomic mass is 10.1. The minimum Gasteiger partial charge on any atom is -0.487 e. The van der Waals surface area contributed by atoms with Crippen LogP contribution in [0.4, 0.5) is 0 Å². The van der Waals surface area contributed by atoms with Crippen LogP contribution in [-0.4, -0.2) is 5.24 Å². The zero-order valence-corrected chi connectivity index (χ0v) is 12.8. The largest absolute Gasteiger partial charge is 0.487 e. The maximum Gasteiger partial charge on any atom is 0.225 e. The fraction of sp³-hybridized carbons (Fsp3) is 0.235. The predicted molar refractivity (Wildman–Crippen MR) is 83.9 cm³/mol. The fourth-order valence-corrected chi connectivity index (χ4v) is 2.90. The summed E-state index contributed by atoms with van der Waals surface area (Å²) in [5.41, 5.74) is 2.14. The van der Waals surface area contributed by atoms with Crippen LogP contribution in [0.2, 0.25) is 5.02 Å². The van der Waals surface area contributed by atoms with Crippen molar-refractivity contribution in [3.8, 4) is 5.75 Å². The Kier molecular flexibility index (Phi) is 4.18. The van der Waals surface area contributed by atoms with E-state index in [-0.39, 0.29) is 17.1 Å². The van der Waals surface area contributed by atoms with Crippen molar-refractivity contribution in [1.29, 1.82) is 0 Å². The maximum absolute atomic E-state index is 11.1. The molecule has 3 rings (SSSR count).